The minimum Gasteiger partial charge on any atom is -0.347 e. The molecule has 1 aromatic heterocycles. The van der Waals surface area contributed by atoms with E-state index in [1.807, 2.05) is 0 Å². The zero-order valence-electron chi connectivity index (χ0n) is 10.5. The van der Waals surface area contributed by atoms with E-state index < -0.39 is 0 Å². The van der Waals surface area contributed by atoms with Crippen LogP contribution in [-0.2, 0) is 13.0 Å². The van der Waals surface area contributed by atoms with Crippen molar-refractivity contribution in [3.05, 3.63) is 70.3 Å². The zero-order chi connectivity index (χ0) is 12.8. The van der Waals surface area contributed by atoms with Crippen LogP contribution >= 0.6 is 15.9 Å². The van der Waals surface area contributed by atoms with Crippen LogP contribution in [0.5, 0.6) is 0 Å². The van der Waals surface area contributed by atoms with Gasteiger partial charge in [-0.1, -0.05) is 40.2 Å². The summed E-state index contributed by atoms with van der Waals surface area (Å²) < 4.78 is 3.52. The van der Waals surface area contributed by atoms with Crippen molar-refractivity contribution in [2.75, 3.05) is 0 Å². The van der Waals surface area contributed by atoms with E-state index in [4.69, 9.17) is 0 Å². The van der Waals surface area contributed by atoms with Gasteiger partial charge in [0, 0.05) is 34.0 Å². The van der Waals surface area contributed by atoms with Gasteiger partial charge < -0.3 is 4.57 Å². The average molecular weight is 312 g/mol. The first-order chi connectivity index (χ1) is 9.31. The highest BCUT2D eigenvalue weighted by molar-refractivity contribution is 9.10. The quantitative estimate of drug-likeness (QED) is 0.644. The molecule has 1 heterocycles. The Kier molecular flexibility index (Phi) is 2.52. The summed E-state index contributed by atoms with van der Waals surface area (Å²) in [6.07, 6.45) is 3.42. The molecule has 1 atom stereocenters. The van der Waals surface area contributed by atoms with Crippen LogP contribution in [-0.4, -0.2) is 4.57 Å². The van der Waals surface area contributed by atoms with Crippen molar-refractivity contribution in [2.45, 2.75) is 18.9 Å². The second-order valence-electron chi connectivity index (χ2n) is 5.27. The third-order valence-electron chi connectivity index (χ3n) is 4.11. The molecular weight excluding hydrogens is 298 g/mol. The number of nitrogens with zero attached hydrogens (tertiary/aromatic N) is 1. The molecule has 0 amide bonds. The minimum absolute atomic E-state index is 0.676. The van der Waals surface area contributed by atoms with Gasteiger partial charge in [0.2, 0.25) is 0 Å². The van der Waals surface area contributed by atoms with E-state index in [1.165, 1.54) is 28.5 Å². The van der Waals surface area contributed by atoms with Gasteiger partial charge in [-0.15, -0.1) is 0 Å². The van der Waals surface area contributed by atoms with Gasteiger partial charge in [-0.25, -0.2) is 0 Å². The van der Waals surface area contributed by atoms with Crippen molar-refractivity contribution in [1.82, 2.24) is 4.57 Å². The fourth-order valence-corrected chi connectivity index (χ4v) is 3.47. The molecule has 1 aliphatic carbocycles. The van der Waals surface area contributed by atoms with E-state index in [0.29, 0.717) is 5.92 Å². The van der Waals surface area contributed by atoms with Gasteiger partial charge in [-0.05, 0) is 41.8 Å². The van der Waals surface area contributed by atoms with Crippen LogP contribution in [0.3, 0.4) is 0 Å². The van der Waals surface area contributed by atoms with Crippen LogP contribution in [0.25, 0.3) is 10.9 Å². The van der Waals surface area contributed by atoms with E-state index in [1.54, 1.807) is 0 Å². The van der Waals surface area contributed by atoms with E-state index in [-0.39, 0.29) is 0 Å². The minimum atomic E-state index is 0.676. The highest BCUT2D eigenvalue weighted by atomic mass is 79.9. The molecule has 0 radical (unpaired) electrons. The SMILES string of the molecule is Brc1ccc2c(ccn2CC2Cc3ccccc32)c1. The second-order valence-corrected chi connectivity index (χ2v) is 6.19. The van der Waals surface area contributed by atoms with Crippen molar-refractivity contribution >= 4 is 26.8 Å². The Morgan fingerprint density at radius 1 is 1.11 bits per heavy atom. The predicted molar refractivity (Wildman–Crippen MR) is 82.5 cm³/mol. The fraction of sp³-hybridized carbons (Fsp3) is 0.176. The highest BCUT2D eigenvalue weighted by Crippen LogP contribution is 2.36. The summed E-state index contributed by atoms with van der Waals surface area (Å²) in [5.74, 6) is 0.676. The fourth-order valence-electron chi connectivity index (χ4n) is 3.09. The second kappa shape index (κ2) is 4.24. The molecule has 0 saturated carbocycles. The zero-order valence-corrected chi connectivity index (χ0v) is 12.1. The van der Waals surface area contributed by atoms with Gasteiger partial charge >= 0.3 is 0 Å². The molecule has 0 bridgehead atoms. The molecule has 0 spiro atoms. The maximum atomic E-state index is 3.53. The summed E-state index contributed by atoms with van der Waals surface area (Å²) in [5.41, 5.74) is 4.38. The smallest absolute Gasteiger partial charge is 0.0481 e. The Balaban J connectivity index is 1.67. The van der Waals surface area contributed by atoms with E-state index in [0.717, 1.165) is 11.0 Å². The summed E-state index contributed by atoms with van der Waals surface area (Å²) in [7, 11) is 0. The normalized spacial score (nSPS) is 17.2. The number of halogens is 1. The topological polar surface area (TPSA) is 4.93 Å². The summed E-state index contributed by atoms with van der Waals surface area (Å²) in [5, 5.41) is 1.31. The van der Waals surface area contributed by atoms with Gasteiger partial charge in [0.05, 0.1) is 0 Å². The monoisotopic (exact) mass is 311 g/mol. The maximum Gasteiger partial charge on any atom is 0.0481 e. The molecule has 0 saturated heterocycles. The first kappa shape index (κ1) is 11.3. The van der Waals surface area contributed by atoms with Crippen LogP contribution in [0.15, 0.2) is 59.2 Å². The lowest BCUT2D eigenvalue weighted by atomic mass is 9.77. The number of rotatable bonds is 2. The molecule has 4 rings (SSSR count). The molecule has 94 valence electrons. The third kappa shape index (κ3) is 1.82. The third-order valence-corrected chi connectivity index (χ3v) is 4.60. The van der Waals surface area contributed by atoms with Gasteiger partial charge in [-0.3, -0.25) is 0 Å². The molecule has 1 unspecified atom stereocenters. The number of aromatic nitrogens is 1. The molecule has 1 nitrogen and oxygen atoms in total. The molecule has 0 N–H and O–H groups in total. The first-order valence-corrected chi connectivity index (χ1v) is 7.43. The lowest BCUT2D eigenvalue weighted by Crippen LogP contribution is -2.21. The number of hydrogen-bond acceptors (Lipinski definition) is 0. The van der Waals surface area contributed by atoms with Crippen molar-refractivity contribution in [1.29, 1.82) is 0 Å². The van der Waals surface area contributed by atoms with Crippen molar-refractivity contribution in [3.63, 3.8) is 0 Å². The number of benzene rings is 2. The summed E-state index contributed by atoms with van der Waals surface area (Å²) in [6, 6.07) is 17.5. The Labute approximate surface area is 121 Å². The van der Waals surface area contributed by atoms with E-state index in [9.17, 15) is 0 Å². The van der Waals surface area contributed by atoms with Crippen molar-refractivity contribution < 1.29 is 0 Å². The average Bonchev–Trinajstić information content (AvgIpc) is 2.78. The molecule has 3 aromatic rings. The highest BCUT2D eigenvalue weighted by Gasteiger charge is 2.25. The first-order valence-electron chi connectivity index (χ1n) is 6.63. The van der Waals surface area contributed by atoms with E-state index >= 15 is 0 Å². The van der Waals surface area contributed by atoms with Gasteiger partial charge in [0.1, 0.15) is 0 Å². The van der Waals surface area contributed by atoms with Crippen molar-refractivity contribution in [3.8, 4) is 0 Å². The standard InChI is InChI=1S/C17H14BrN/c18-15-5-6-17-13(10-15)7-8-19(17)11-14-9-12-3-1-2-4-16(12)14/h1-8,10,14H,9,11H2. The summed E-state index contributed by atoms with van der Waals surface area (Å²) >= 11 is 3.53. The Morgan fingerprint density at radius 2 is 2.00 bits per heavy atom. The molecule has 0 aliphatic heterocycles. The lowest BCUT2D eigenvalue weighted by Gasteiger charge is -2.30. The summed E-state index contributed by atoms with van der Waals surface area (Å²) in [4.78, 5) is 0. The van der Waals surface area contributed by atoms with Crippen molar-refractivity contribution in [2.24, 2.45) is 0 Å². The predicted octanol–water partition coefficient (Wildman–Crippen LogP) is 4.74. The van der Waals surface area contributed by atoms with Crippen LogP contribution in [0, 0.1) is 0 Å². The van der Waals surface area contributed by atoms with Crippen LogP contribution in [0.2, 0.25) is 0 Å². The molecule has 0 fully saturated rings. The molecule has 2 aromatic carbocycles. The van der Waals surface area contributed by atoms with Gasteiger partial charge in [0.25, 0.3) is 0 Å². The van der Waals surface area contributed by atoms with E-state index in [2.05, 4.69) is 75.2 Å². The largest absolute Gasteiger partial charge is 0.347 e. The molecule has 2 heteroatoms. The number of fused-ring (bicyclic) bond motifs is 2. The Bertz CT molecular complexity index is 757. The van der Waals surface area contributed by atoms with Crippen LogP contribution in [0.4, 0.5) is 0 Å². The maximum absolute atomic E-state index is 3.53. The molecular formula is C17H14BrN. The van der Waals surface area contributed by atoms with Crippen LogP contribution in [0.1, 0.15) is 17.0 Å². The molecule has 1 aliphatic rings. The van der Waals surface area contributed by atoms with Gasteiger partial charge in [0.15, 0.2) is 0 Å². The number of hydrogen-bond donors (Lipinski definition) is 0. The molecule has 19 heavy (non-hydrogen) atoms. The Morgan fingerprint density at radius 3 is 2.89 bits per heavy atom. The summed E-state index contributed by atoms with van der Waals surface area (Å²) in [6.45, 7) is 1.09. The Hall–Kier alpha value is -1.54. The lowest BCUT2D eigenvalue weighted by molar-refractivity contribution is 0.518. The van der Waals surface area contributed by atoms with Gasteiger partial charge in [-0.2, -0.15) is 0 Å². The van der Waals surface area contributed by atoms with Crippen LogP contribution < -0.4 is 0 Å².